The Morgan fingerprint density at radius 1 is 1.40 bits per heavy atom. The molecule has 0 bridgehead atoms. The first-order chi connectivity index (χ1) is 7.15. The van der Waals surface area contributed by atoms with Gasteiger partial charge in [-0.3, -0.25) is 0 Å². The smallest absolute Gasteiger partial charge is 0.128 e. The van der Waals surface area contributed by atoms with Crippen molar-refractivity contribution in [2.45, 2.75) is 26.3 Å². The first kappa shape index (κ1) is 12.4. The molecule has 0 atom stereocenters. The molecule has 0 saturated heterocycles. The van der Waals surface area contributed by atoms with E-state index in [0.717, 1.165) is 18.0 Å². The number of thioether (sulfide) groups is 1. The zero-order chi connectivity index (χ0) is 11.3. The number of aryl methyl sites for hydroxylation is 1. The maximum absolute atomic E-state index is 4.64. The van der Waals surface area contributed by atoms with Crippen molar-refractivity contribution in [1.82, 2.24) is 4.98 Å². The Labute approximate surface area is 97.1 Å². The van der Waals surface area contributed by atoms with Crippen molar-refractivity contribution in [1.29, 1.82) is 0 Å². The van der Waals surface area contributed by atoms with Crippen LogP contribution in [-0.2, 0) is 6.42 Å². The van der Waals surface area contributed by atoms with Crippen molar-refractivity contribution in [2.75, 3.05) is 24.0 Å². The summed E-state index contributed by atoms with van der Waals surface area (Å²) in [4.78, 5) is 6.84. The predicted molar refractivity (Wildman–Crippen MR) is 69.9 cm³/mol. The molecule has 1 aromatic heterocycles. The molecule has 1 aromatic rings. The lowest BCUT2D eigenvalue weighted by Crippen LogP contribution is -2.26. The van der Waals surface area contributed by atoms with Gasteiger partial charge in [0.25, 0.3) is 0 Å². The molecule has 0 aliphatic carbocycles. The first-order valence-electron chi connectivity index (χ1n) is 5.33. The normalized spacial score (nSPS) is 10.7. The van der Waals surface area contributed by atoms with Crippen molar-refractivity contribution in [2.24, 2.45) is 0 Å². The molecule has 0 aliphatic heterocycles. The van der Waals surface area contributed by atoms with Crippen LogP contribution < -0.4 is 4.90 Å². The third kappa shape index (κ3) is 3.74. The highest BCUT2D eigenvalue weighted by atomic mass is 32.2. The summed E-state index contributed by atoms with van der Waals surface area (Å²) in [5.41, 5.74) is 1.19. The van der Waals surface area contributed by atoms with Crippen molar-refractivity contribution in [3.05, 3.63) is 23.9 Å². The fourth-order valence-electron chi connectivity index (χ4n) is 1.27. The highest BCUT2D eigenvalue weighted by molar-refractivity contribution is 7.98. The van der Waals surface area contributed by atoms with Crippen LogP contribution in [0.15, 0.2) is 18.2 Å². The molecule has 0 fully saturated rings. The topological polar surface area (TPSA) is 16.1 Å². The molecule has 1 rings (SSSR count). The van der Waals surface area contributed by atoms with Crippen LogP contribution in [0.3, 0.4) is 0 Å². The number of hydrogen-bond donors (Lipinski definition) is 0. The standard InChI is InChI=1S/C12H20N2S/c1-10(2)14(3)12-7-5-6-11(13-12)8-9-15-4/h5-7,10H,8-9H2,1-4H3. The molecule has 3 heteroatoms. The number of rotatable bonds is 5. The number of anilines is 1. The maximum atomic E-state index is 4.64. The molecule has 0 spiro atoms. The van der Waals surface area contributed by atoms with Crippen molar-refractivity contribution in [3.63, 3.8) is 0 Å². The van der Waals surface area contributed by atoms with Crippen LogP contribution in [0.5, 0.6) is 0 Å². The minimum absolute atomic E-state index is 0.494. The summed E-state index contributed by atoms with van der Waals surface area (Å²) in [6.45, 7) is 4.35. The molecule has 0 radical (unpaired) electrons. The summed E-state index contributed by atoms with van der Waals surface area (Å²) < 4.78 is 0. The molecular weight excluding hydrogens is 204 g/mol. The van der Waals surface area contributed by atoms with Gasteiger partial charge in [0.1, 0.15) is 5.82 Å². The highest BCUT2D eigenvalue weighted by Crippen LogP contribution is 2.13. The van der Waals surface area contributed by atoms with E-state index in [1.807, 2.05) is 11.8 Å². The van der Waals surface area contributed by atoms with Crippen molar-refractivity contribution >= 4 is 17.6 Å². The lowest BCUT2D eigenvalue weighted by atomic mass is 10.2. The zero-order valence-corrected chi connectivity index (χ0v) is 10.8. The van der Waals surface area contributed by atoms with Gasteiger partial charge in [-0.2, -0.15) is 11.8 Å². The number of pyridine rings is 1. The molecule has 2 nitrogen and oxygen atoms in total. The molecule has 0 saturated carbocycles. The molecule has 15 heavy (non-hydrogen) atoms. The Balaban J connectivity index is 2.73. The largest absolute Gasteiger partial charge is 0.357 e. The van der Waals surface area contributed by atoms with Gasteiger partial charge < -0.3 is 4.90 Å². The van der Waals surface area contributed by atoms with Gasteiger partial charge in [0, 0.05) is 18.8 Å². The van der Waals surface area contributed by atoms with E-state index in [0.29, 0.717) is 6.04 Å². The average Bonchev–Trinajstić information content (AvgIpc) is 2.25. The Morgan fingerprint density at radius 3 is 2.73 bits per heavy atom. The zero-order valence-electron chi connectivity index (χ0n) is 10.0. The van der Waals surface area contributed by atoms with E-state index in [-0.39, 0.29) is 0 Å². The van der Waals surface area contributed by atoms with E-state index in [4.69, 9.17) is 0 Å². The summed E-state index contributed by atoms with van der Waals surface area (Å²) in [5.74, 6) is 2.21. The van der Waals surface area contributed by atoms with Crippen LogP contribution in [0.1, 0.15) is 19.5 Å². The lowest BCUT2D eigenvalue weighted by Gasteiger charge is -2.22. The van der Waals surface area contributed by atoms with Gasteiger partial charge in [0.15, 0.2) is 0 Å². The van der Waals surface area contributed by atoms with Crippen LogP contribution in [0, 0.1) is 0 Å². The van der Waals surface area contributed by atoms with Gasteiger partial charge in [0.05, 0.1) is 0 Å². The summed E-state index contributed by atoms with van der Waals surface area (Å²) in [6, 6.07) is 6.76. The van der Waals surface area contributed by atoms with Crippen molar-refractivity contribution in [3.8, 4) is 0 Å². The van der Waals surface area contributed by atoms with E-state index in [2.05, 4.69) is 55.2 Å². The molecule has 0 unspecified atom stereocenters. The maximum Gasteiger partial charge on any atom is 0.128 e. The van der Waals surface area contributed by atoms with Gasteiger partial charge in [0.2, 0.25) is 0 Å². The second kappa shape index (κ2) is 6.01. The van der Waals surface area contributed by atoms with E-state index in [1.165, 1.54) is 5.69 Å². The summed E-state index contributed by atoms with van der Waals surface area (Å²) in [7, 11) is 2.09. The number of aromatic nitrogens is 1. The quantitative estimate of drug-likeness (QED) is 0.765. The Hall–Kier alpha value is -0.700. The lowest BCUT2D eigenvalue weighted by molar-refractivity contribution is 0.740. The third-order valence-electron chi connectivity index (χ3n) is 2.49. The van der Waals surface area contributed by atoms with Gasteiger partial charge >= 0.3 is 0 Å². The van der Waals surface area contributed by atoms with Gasteiger partial charge in [-0.05, 0) is 44.4 Å². The second-order valence-corrected chi connectivity index (χ2v) is 4.92. The minimum Gasteiger partial charge on any atom is -0.357 e. The fourth-order valence-corrected chi connectivity index (χ4v) is 1.69. The van der Waals surface area contributed by atoms with E-state index < -0.39 is 0 Å². The molecule has 0 N–H and O–H groups in total. The van der Waals surface area contributed by atoms with Crippen LogP contribution in [-0.4, -0.2) is 30.1 Å². The number of nitrogens with zero attached hydrogens (tertiary/aromatic N) is 2. The van der Waals surface area contributed by atoms with Gasteiger partial charge in [-0.15, -0.1) is 0 Å². The monoisotopic (exact) mass is 224 g/mol. The Kier molecular flexibility index (Phi) is 4.95. The predicted octanol–water partition coefficient (Wildman–Crippen LogP) is 2.83. The first-order valence-corrected chi connectivity index (χ1v) is 6.72. The Morgan fingerprint density at radius 2 is 2.13 bits per heavy atom. The SMILES string of the molecule is CSCCc1cccc(N(C)C(C)C)n1. The molecular formula is C12H20N2S. The van der Waals surface area contributed by atoms with Crippen LogP contribution in [0.25, 0.3) is 0 Å². The van der Waals surface area contributed by atoms with Gasteiger partial charge in [-0.25, -0.2) is 4.98 Å². The van der Waals surface area contributed by atoms with Crippen LogP contribution in [0.2, 0.25) is 0 Å². The Bertz CT molecular complexity index is 299. The van der Waals surface area contributed by atoms with Crippen molar-refractivity contribution < 1.29 is 0 Å². The van der Waals surface area contributed by atoms with E-state index >= 15 is 0 Å². The fraction of sp³-hybridized carbons (Fsp3) is 0.583. The minimum atomic E-state index is 0.494. The molecule has 0 amide bonds. The van der Waals surface area contributed by atoms with Gasteiger partial charge in [-0.1, -0.05) is 6.07 Å². The average molecular weight is 224 g/mol. The van der Waals surface area contributed by atoms with Crippen LogP contribution >= 0.6 is 11.8 Å². The second-order valence-electron chi connectivity index (χ2n) is 3.93. The van der Waals surface area contributed by atoms with E-state index in [1.54, 1.807) is 0 Å². The third-order valence-corrected chi connectivity index (χ3v) is 3.10. The molecule has 0 aromatic carbocycles. The molecule has 0 aliphatic rings. The molecule has 84 valence electrons. The summed E-state index contributed by atoms with van der Waals surface area (Å²) >= 11 is 1.86. The van der Waals surface area contributed by atoms with E-state index in [9.17, 15) is 0 Å². The highest BCUT2D eigenvalue weighted by Gasteiger charge is 2.06. The van der Waals surface area contributed by atoms with Crippen LogP contribution in [0.4, 0.5) is 5.82 Å². The molecule has 1 heterocycles. The summed E-state index contributed by atoms with van der Waals surface area (Å²) in [6.07, 6.45) is 3.19. The number of hydrogen-bond acceptors (Lipinski definition) is 3. The summed E-state index contributed by atoms with van der Waals surface area (Å²) in [5, 5.41) is 0.